The van der Waals surface area contributed by atoms with Gasteiger partial charge in [-0.1, -0.05) is 12.1 Å². The normalized spacial score (nSPS) is 18.5. The van der Waals surface area contributed by atoms with Crippen LogP contribution in [-0.4, -0.2) is 30.8 Å². The smallest absolute Gasteiger partial charge is 0.335 e. The lowest BCUT2D eigenvalue weighted by Crippen LogP contribution is -2.17. The highest BCUT2D eigenvalue weighted by atomic mass is 16.4. The lowest BCUT2D eigenvalue weighted by molar-refractivity contribution is 0.0697. The van der Waals surface area contributed by atoms with Gasteiger partial charge in [0.1, 0.15) is 0 Å². The van der Waals surface area contributed by atoms with Crippen molar-refractivity contribution in [2.75, 3.05) is 5.32 Å². The first-order valence-electron chi connectivity index (χ1n) is 9.91. The quantitative estimate of drug-likeness (QED) is 0.652. The number of carboxylic acids is 1. The zero-order valence-corrected chi connectivity index (χ0v) is 16.6. The summed E-state index contributed by atoms with van der Waals surface area (Å²) in [7, 11) is 0. The first-order chi connectivity index (χ1) is 14.5. The van der Waals surface area contributed by atoms with Gasteiger partial charge in [-0.3, -0.25) is 4.68 Å². The van der Waals surface area contributed by atoms with E-state index in [0.29, 0.717) is 12.0 Å². The van der Waals surface area contributed by atoms with Gasteiger partial charge < -0.3 is 10.4 Å². The maximum Gasteiger partial charge on any atom is 0.335 e. The van der Waals surface area contributed by atoms with Crippen LogP contribution in [0.3, 0.4) is 0 Å². The van der Waals surface area contributed by atoms with E-state index in [1.54, 1.807) is 36.7 Å². The van der Waals surface area contributed by atoms with Crippen LogP contribution in [0.15, 0.2) is 42.9 Å². The molecule has 0 bridgehead atoms. The number of rotatable bonds is 5. The summed E-state index contributed by atoms with van der Waals surface area (Å²) >= 11 is 0. The first-order valence-corrected chi connectivity index (χ1v) is 9.91. The second-order valence-electron chi connectivity index (χ2n) is 7.58. The molecule has 2 heterocycles. The number of aromatic carboxylic acids is 1. The fourth-order valence-corrected chi connectivity index (χ4v) is 3.77. The summed E-state index contributed by atoms with van der Waals surface area (Å²) in [6.07, 6.45) is 9.17. The predicted octanol–water partition coefficient (Wildman–Crippen LogP) is 4.35. The van der Waals surface area contributed by atoms with Gasteiger partial charge in [-0.15, -0.1) is 0 Å². The van der Waals surface area contributed by atoms with Crippen LogP contribution in [0.2, 0.25) is 0 Å². The molecule has 1 aromatic carbocycles. The molecule has 3 aromatic rings. The summed E-state index contributed by atoms with van der Waals surface area (Å²) < 4.78 is 1.95. The fourth-order valence-electron chi connectivity index (χ4n) is 3.77. The largest absolute Gasteiger partial charge is 0.478 e. The van der Waals surface area contributed by atoms with Crippen molar-refractivity contribution in [1.29, 1.82) is 5.26 Å². The van der Waals surface area contributed by atoms with E-state index in [0.717, 1.165) is 48.2 Å². The Morgan fingerprint density at radius 3 is 2.60 bits per heavy atom. The van der Waals surface area contributed by atoms with Crippen molar-refractivity contribution < 1.29 is 9.90 Å². The molecular weight excluding hydrogens is 380 g/mol. The van der Waals surface area contributed by atoms with Crippen molar-refractivity contribution in [3.8, 4) is 17.3 Å². The summed E-state index contributed by atoms with van der Waals surface area (Å²) in [4.78, 5) is 20.0. The zero-order valence-electron chi connectivity index (χ0n) is 16.6. The number of benzene rings is 1. The Morgan fingerprint density at radius 2 is 1.93 bits per heavy atom. The number of hydrogen-bond donors (Lipinski definition) is 2. The monoisotopic (exact) mass is 402 g/mol. The van der Waals surface area contributed by atoms with E-state index < -0.39 is 5.97 Å². The van der Waals surface area contributed by atoms with E-state index in [1.807, 2.05) is 17.8 Å². The number of aryl methyl sites for hydroxylation is 1. The maximum atomic E-state index is 11.1. The van der Waals surface area contributed by atoms with Gasteiger partial charge in [0.25, 0.3) is 0 Å². The summed E-state index contributed by atoms with van der Waals surface area (Å²) in [6.45, 7) is 1.92. The number of nitrogens with zero attached hydrogens (tertiary/aromatic N) is 5. The van der Waals surface area contributed by atoms with Crippen LogP contribution in [0.4, 0.5) is 11.6 Å². The molecule has 0 amide bonds. The molecule has 2 N–H and O–H groups in total. The predicted molar refractivity (Wildman–Crippen MR) is 111 cm³/mol. The molecule has 0 radical (unpaired) electrons. The second kappa shape index (κ2) is 8.33. The Balaban J connectivity index is 1.49. The van der Waals surface area contributed by atoms with Gasteiger partial charge in [0.15, 0.2) is 0 Å². The molecule has 0 unspecified atom stereocenters. The molecule has 4 rings (SSSR count). The molecule has 1 saturated carbocycles. The third-order valence-corrected chi connectivity index (χ3v) is 5.49. The number of nitrogens with one attached hydrogen (secondary N) is 1. The van der Waals surface area contributed by atoms with Gasteiger partial charge in [0.2, 0.25) is 5.95 Å². The number of carboxylic acid groups (broad SMARTS) is 1. The van der Waals surface area contributed by atoms with Gasteiger partial charge >= 0.3 is 5.97 Å². The van der Waals surface area contributed by atoms with Crippen LogP contribution < -0.4 is 5.32 Å². The zero-order chi connectivity index (χ0) is 21.1. The highest BCUT2D eigenvalue weighted by Gasteiger charge is 2.22. The SMILES string of the molecule is Cc1cnc(Nc2cnn([C@H]3CC[C@H](C#N)CC3)c2)nc1-c1ccc(C(=O)O)cc1. The Morgan fingerprint density at radius 1 is 1.20 bits per heavy atom. The minimum Gasteiger partial charge on any atom is -0.478 e. The van der Waals surface area contributed by atoms with E-state index in [-0.39, 0.29) is 11.5 Å². The molecule has 8 heteroatoms. The Bertz CT molecular complexity index is 1090. The van der Waals surface area contributed by atoms with Crippen LogP contribution in [0.25, 0.3) is 11.3 Å². The molecule has 0 saturated heterocycles. The number of aromatic nitrogens is 4. The lowest BCUT2D eigenvalue weighted by atomic mass is 9.87. The lowest BCUT2D eigenvalue weighted by Gasteiger charge is -2.24. The van der Waals surface area contributed by atoms with E-state index >= 15 is 0 Å². The van der Waals surface area contributed by atoms with Crippen LogP contribution in [0.5, 0.6) is 0 Å². The van der Waals surface area contributed by atoms with Gasteiger partial charge in [0.05, 0.1) is 35.3 Å². The first kappa shape index (κ1) is 19.6. The fraction of sp³-hybridized carbons (Fsp3) is 0.318. The maximum absolute atomic E-state index is 11.1. The minimum atomic E-state index is -0.957. The molecule has 30 heavy (non-hydrogen) atoms. The molecule has 1 aliphatic carbocycles. The minimum absolute atomic E-state index is 0.165. The van der Waals surface area contributed by atoms with Crippen molar-refractivity contribution in [2.24, 2.45) is 5.92 Å². The van der Waals surface area contributed by atoms with Crippen molar-refractivity contribution in [2.45, 2.75) is 38.6 Å². The molecule has 8 nitrogen and oxygen atoms in total. The third kappa shape index (κ3) is 4.15. The van der Waals surface area contributed by atoms with Crippen molar-refractivity contribution in [1.82, 2.24) is 19.7 Å². The summed E-state index contributed by atoms with van der Waals surface area (Å²) in [5.41, 5.74) is 3.50. The van der Waals surface area contributed by atoms with Crippen LogP contribution in [0.1, 0.15) is 47.6 Å². The highest BCUT2D eigenvalue weighted by molar-refractivity contribution is 5.88. The van der Waals surface area contributed by atoms with Crippen molar-refractivity contribution in [3.05, 3.63) is 54.0 Å². The third-order valence-electron chi connectivity index (χ3n) is 5.49. The number of nitriles is 1. The molecule has 0 atom stereocenters. The van der Waals surface area contributed by atoms with E-state index in [2.05, 4.69) is 26.5 Å². The van der Waals surface area contributed by atoms with Gasteiger partial charge in [-0.05, 0) is 50.3 Å². The average Bonchev–Trinajstić information content (AvgIpc) is 3.23. The average molecular weight is 402 g/mol. The number of carbonyl (C=O) groups is 1. The number of anilines is 2. The molecule has 2 aromatic heterocycles. The standard InChI is InChI=1S/C22H22N6O2/c1-14-11-24-22(27-20(14)16-4-6-17(7-5-16)21(29)30)26-18-12-25-28(13-18)19-8-2-15(10-23)3-9-19/h4-7,11-13,15,19H,2-3,8-9H2,1H3,(H,29,30)(H,24,26,27)/t15-,19-. The number of hydrogen-bond acceptors (Lipinski definition) is 6. The van der Waals surface area contributed by atoms with Crippen LogP contribution >= 0.6 is 0 Å². The van der Waals surface area contributed by atoms with Crippen molar-refractivity contribution in [3.63, 3.8) is 0 Å². The Kier molecular flexibility index (Phi) is 5.44. The van der Waals surface area contributed by atoms with Crippen molar-refractivity contribution >= 4 is 17.6 Å². The van der Waals surface area contributed by atoms with E-state index in [1.165, 1.54) is 0 Å². The molecule has 1 fully saturated rings. The summed E-state index contributed by atoms with van der Waals surface area (Å²) in [5.74, 6) is -0.342. The molecule has 0 aliphatic heterocycles. The van der Waals surface area contributed by atoms with Gasteiger partial charge in [-0.2, -0.15) is 10.4 Å². The van der Waals surface area contributed by atoms with Crippen LogP contribution in [0, 0.1) is 24.2 Å². The summed E-state index contributed by atoms with van der Waals surface area (Å²) in [5, 5.41) is 25.8. The van der Waals surface area contributed by atoms with E-state index in [4.69, 9.17) is 10.4 Å². The summed E-state index contributed by atoms with van der Waals surface area (Å²) in [6, 6.07) is 9.30. The molecule has 1 aliphatic rings. The van der Waals surface area contributed by atoms with Gasteiger partial charge in [0, 0.05) is 23.9 Å². The molecule has 0 spiro atoms. The molecule has 152 valence electrons. The highest BCUT2D eigenvalue weighted by Crippen LogP contribution is 2.32. The Labute approximate surface area is 174 Å². The Hall–Kier alpha value is -3.73. The second-order valence-corrected chi connectivity index (χ2v) is 7.58. The molecular formula is C22H22N6O2. The van der Waals surface area contributed by atoms with Gasteiger partial charge in [-0.25, -0.2) is 14.8 Å². The van der Waals surface area contributed by atoms with Crippen LogP contribution in [-0.2, 0) is 0 Å². The van der Waals surface area contributed by atoms with E-state index in [9.17, 15) is 4.79 Å². The topological polar surface area (TPSA) is 117 Å².